The first-order chi connectivity index (χ1) is 10.1. The number of ether oxygens (including phenoxy) is 1. The maximum atomic E-state index is 11.1. The molecule has 0 fully saturated rings. The first-order valence-corrected chi connectivity index (χ1v) is 7.29. The Balaban J connectivity index is 2.53. The van der Waals surface area contributed by atoms with E-state index in [1.165, 1.54) is 37.5 Å². The topological polar surface area (TPSA) is 83.8 Å². The highest BCUT2D eigenvalue weighted by atomic mass is 16.5. The average molecular weight is 294 g/mol. The second kappa shape index (κ2) is 9.00. The molecule has 0 aliphatic rings. The van der Waals surface area contributed by atoms with Crippen molar-refractivity contribution in [3.8, 4) is 5.75 Å². The molecule has 0 atom stereocenters. The molecule has 0 bridgehead atoms. The fourth-order valence-electron chi connectivity index (χ4n) is 2.02. The molecule has 0 radical (unpaired) electrons. The van der Waals surface area contributed by atoms with Crippen LogP contribution >= 0.6 is 0 Å². The Morgan fingerprint density at radius 1 is 1.00 bits per heavy atom. The number of rotatable bonds is 10. The summed E-state index contributed by atoms with van der Waals surface area (Å²) in [5, 5.41) is 18.0. The van der Waals surface area contributed by atoms with Crippen LogP contribution in [0.3, 0.4) is 0 Å². The van der Waals surface area contributed by atoms with E-state index in [9.17, 15) is 9.59 Å². The van der Waals surface area contributed by atoms with Gasteiger partial charge in [-0.15, -0.1) is 0 Å². The zero-order valence-electron chi connectivity index (χ0n) is 12.3. The van der Waals surface area contributed by atoms with Crippen molar-refractivity contribution in [2.75, 3.05) is 6.61 Å². The minimum absolute atomic E-state index is 0.00835. The maximum Gasteiger partial charge on any atom is 0.339 e. The molecule has 0 aliphatic heterocycles. The van der Waals surface area contributed by atoms with E-state index >= 15 is 0 Å². The minimum atomic E-state index is -1.12. The first-order valence-electron chi connectivity index (χ1n) is 7.29. The van der Waals surface area contributed by atoms with Crippen LogP contribution in [0.4, 0.5) is 0 Å². The van der Waals surface area contributed by atoms with Crippen molar-refractivity contribution < 1.29 is 24.5 Å². The van der Waals surface area contributed by atoms with Gasteiger partial charge in [0.05, 0.1) is 12.2 Å². The van der Waals surface area contributed by atoms with Gasteiger partial charge in [0.2, 0.25) is 0 Å². The summed E-state index contributed by atoms with van der Waals surface area (Å²) in [5.41, 5.74) is 0.0175. The molecule has 0 aromatic heterocycles. The molecule has 1 aromatic carbocycles. The number of carboxylic acid groups (broad SMARTS) is 2. The van der Waals surface area contributed by atoms with Crippen LogP contribution in [0.2, 0.25) is 0 Å². The van der Waals surface area contributed by atoms with Crippen molar-refractivity contribution in [1.29, 1.82) is 0 Å². The van der Waals surface area contributed by atoms with Crippen LogP contribution in [0, 0.1) is 0 Å². The lowest BCUT2D eigenvalue weighted by Crippen LogP contribution is -2.07. The second-order valence-corrected chi connectivity index (χ2v) is 4.94. The van der Waals surface area contributed by atoms with Gasteiger partial charge in [-0.1, -0.05) is 39.0 Å². The number of carbonyl (C=O) groups is 2. The third-order valence-electron chi connectivity index (χ3n) is 3.21. The number of hydrogen-bond donors (Lipinski definition) is 2. The van der Waals surface area contributed by atoms with Crippen LogP contribution in [0.1, 0.15) is 66.2 Å². The zero-order valence-corrected chi connectivity index (χ0v) is 12.3. The van der Waals surface area contributed by atoms with Gasteiger partial charge in [0.25, 0.3) is 0 Å². The monoisotopic (exact) mass is 294 g/mol. The van der Waals surface area contributed by atoms with E-state index in [1.54, 1.807) is 0 Å². The molecule has 116 valence electrons. The van der Waals surface area contributed by atoms with Crippen molar-refractivity contribution in [2.45, 2.75) is 45.4 Å². The molecular formula is C16H22O5. The van der Waals surface area contributed by atoms with Crippen molar-refractivity contribution in [2.24, 2.45) is 0 Å². The summed E-state index contributed by atoms with van der Waals surface area (Å²) in [6.07, 6.45) is 6.62. The highest BCUT2D eigenvalue weighted by Gasteiger charge is 2.14. The summed E-state index contributed by atoms with van der Waals surface area (Å²) in [4.78, 5) is 22.0. The molecule has 0 saturated heterocycles. The van der Waals surface area contributed by atoms with Crippen LogP contribution in [0.15, 0.2) is 18.2 Å². The highest BCUT2D eigenvalue weighted by molar-refractivity contribution is 5.94. The summed E-state index contributed by atoms with van der Waals surface area (Å²) in [6, 6.07) is 3.80. The van der Waals surface area contributed by atoms with Crippen molar-refractivity contribution in [1.82, 2.24) is 0 Å². The standard InChI is InChI=1S/C16H22O5/c1-2-3-4-5-6-7-10-21-14-11-12(15(17)18)8-9-13(14)16(19)20/h8-9,11H,2-7,10H2,1H3,(H,17,18)(H,19,20). The Labute approximate surface area is 124 Å². The average Bonchev–Trinajstić information content (AvgIpc) is 2.45. The molecule has 5 heteroatoms. The molecule has 2 N–H and O–H groups in total. The molecule has 0 amide bonds. The largest absolute Gasteiger partial charge is 0.493 e. The third-order valence-corrected chi connectivity index (χ3v) is 3.21. The minimum Gasteiger partial charge on any atom is -0.493 e. The molecule has 0 heterocycles. The summed E-state index contributed by atoms with van der Waals surface area (Å²) >= 11 is 0. The lowest BCUT2D eigenvalue weighted by molar-refractivity contribution is 0.0677. The molecule has 0 spiro atoms. The smallest absolute Gasteiger partial charge is 0.339 e. The number of carboxylic acids is 2. The van der Waals surface area contributed by atoms with Gasteiger partial charge in [0.15, 0.2) is 0 Å². The van der Waals surface area contributed by atoms with Crippen LogP contribution in [-0.2, 0) is 0 Å². The maximum absolute atomic E-state index is 11.1. The first kappa shape index (κ1) is 17.0. The number of unbranched alkanes of at least 4 members (excludes halogenated alkanes) is 5. The van der Waals surface area contributed by atoms with Crippen molar-refractivity contribution >= 4 is 11.9 Å². The van der Waals surface area contributed by atoms with Crippen LogP contribution in [-0.4, -0.2) is 28.8 Å². The quantitative estimate of drug-likeness (QED) is 0.641. The van der Waals surface area contributed by atoms with E-state index < -0.39 is 11.9 Å². The van der Waals surface area contributed by atoms with Gasteiger partial charge in [-0.05, 0) is 24.6 Å². The molecule has 5 nitrogen and oxygen atoms in total. The van der Waals surface area contributed by atoms with Crippen molar-refractivity contribution in [3.05, 3.63) is 29.3 Å². The summed E-state index contributed by atoms with van der Waals surface area (Å²) in [6.45, 7) is 2.56. The van der Waals surface area contributed by atoms with E-state index in [-0.39, 0.29) is 16.9 Å². The Hall–Kier alpha value is -2.04. The SMILES string of the molecule is CCCCCCCCOc1cc(C(=O)O)ccc1C(=O)O. The summed E-state index contributed by atoms with van der Waals surface area (Å²) < 4.78 is 5.45. The summed E-state index contributed by atoms with van der Waals surface area (Å²) in [5.74, 6) is -2.10. The predicted molar refractivity (Wildman–Crippen MR) is 79.2 cm³/mol. The Morgan fingerprint density at radius 3 is 2.29 bits per heavy atom. The summed E-state index contributed by atoms with van der Waals surface area (Å²) in [7, 11) is 0. The van der Waals surface area contributed by atoms with Gasteiger partial charge in [0.1, 0.15) is 11.3 Å². The predicted octanol–water partition coefficient (Wildman–Crippen LogP) is 3.82. The Morgan fingerprint density at radius 2 is 1.67 bits per heavy atom. The van der Waals surface area contributed by atoms with Gasteiger partial charge in [0, 0.05) is 0 Å². The lowest BCUT2D eigenvalue weighted by atomic mass is 10.1. The number of hydrogen-bond acceptors (Lipinski definition) is 3. The van der Waals surface area contributed by atoms with E-state index in [2.05, 4.69) is 6.92 Å². The van der Waals surface area contributed by atoms with Gasteiger partial charge in [-0.2, -0.15) is 0 Å². The fraction of sp³-hybridized carbons (Fsp3) is 0.500. The molecule has 1 aromatic rings. The van der Waals surface area contributed by atoms with E-state index in [0.29, 0.717) is 6.61 Å². The molecule has 0 aliphatic carbocycles. The number of benzene rings is 1. The number of aromatic carboxylic acids is 2. The van der Waals surface area contributed by atoms with Crippen molar-refractivity contribution in [3.63, 3.8) is 0 Å². The van der Waals surface area contributed by atoms with Gasteiger partial charge in [-0.25, -0.2) is 9.59 Å². The third kappa shape index (κ3) is 5.85. The molecule has 0 saturated carbocycles. The van der Waals surface area contributed by atoms with Gasteiger partial charge in [-0.3, -0.25) is 0 Å². The van der Waals surface area contributed by atoms with Crippen LogP contribution < -0.4 is 4.74 Å². The van der Waals surface area contributed by atoms with E-state index in [1.807, 2.05) is 0 Å². The van der Waals surface area contributed by atoms with E-state index in [0.717, 1.165) is 19.3 Å². The molecule has 21 heavy (non-hydrogen) atoms. The van der Waals surface area contributed by atoms with Gasteiger partial charge < -0.3 is 14.9 Å². The molecule has 1 rings (SSSR count). The highest BCUT2D eigenvalue weighted by Crippen LogP contribution is 2.21. The lowest BCUT2D eigenvalue weighted by Gasteiger charge is -2.10. The van der Waals surface area contributed by atoms with Gasteiger partial charge >= 0.3 is 11.9 Å². The van der Waals surface area contributed by atoms with Crippen LogP contribution in [0.5, 0.6) is 5.75 Å². The second-order valence-electron chi connectivity index (χ2n) is 4.94. The van der Waals surface area contributed by atoms with E-state index in [4.69, 9.17) is 14.9 Å². The molecule has 0 unspecified atom stereocenters. The Bertz CT molecular complexity index is 482. The normalized spacial score (nSPS) is 10.3. The zero-order chi connectivity index (χ0) is 15.7. The van der Waals surface area contributed by atoms with Crippen LogP contribution in [0.25, 0.3) is 0 Å². The Kier molecular flexibility index (Phi) is 7.29. The molecular weight excluding hydrogens is 272 g/mol. The fourth-order valence-corrected chi connectivity index (χ4v) is 2.02.